The first kappa shape index (κ1) is 23.6. The van der Waals surface area contributed by atoms with Crippen molar-refractivity contribution >= 4 is 29.0 Å². The van der Waals surface area contributed by atoms with E-state index >= 15 is 0 Å². The third-order valence-electron chi connectivity index (χ3n) is 5.66. The first-order valence-electron chi connectivity index (χ1n) is 10.8. The first-order chi connectivity index (χ1) is 16.7. The minimum Gasteiger partial charge on any atom is -0.464 e. The van der Waals surface area contributed by atoms with Crippen LogP contribution in [0.3, 0.4) is 0 Å². The summed E-state index contributed by atoms with van der Waals surface area (Å²) in [5.74, 6) is -0.945. The maximum absolute atomic E-state index is 13.0. The van der Waals surface area contributed by atoms with E-state index in [9.17, 15) is 14.4 Å². The Balaban J connectivity index is 1.48. The molecule has 0 radical (unpaired) electrons. The van der Waals surface area contributed by atoms with E-state index in [2.05, 4.69) is 10.3 Å². The lowest BCUT2D eigenvalue weighted by Gasteiger charge is -2.02. The van der Waals surface area contributed by atoms with Crippen molar-refractivity contribution < 1.29 is 19.1 Å². The lowest BCUT2D eigenvalue weighted by Crippen LogP contribution is -2.16. The second kappa shape index (κ2) is 9.34. The SMILES string of the molecule is COC(=O)c1cc(NC(=O)c2nc(CC(=O)c3cc(-c4ccc(N)cc4)cn3C)cn2C)cn1C. The number of nitrogens with two attached hydrogens (primary N) is 1. The highest BCUT2D eigenvalue weighted by atomic mass is 16.5. The average molecular weight is 475 g/mol. The molecule has 0 aliphatic rings. The number of hydrogen-bond donors (Lipinski definition) is 2. The van der Waals surface area contributed by atoms with Gasteiger partial charge in [0.05, 0.1) is 30.6 Å². The summed E-state index contributed by atoms with van der Waals surface area (Å²) >= 11 is 0. The lowest BCUT2D eigenvalue weighted by molar-refractivity contribution is 0.0589. The van der Waals surface area contributed by atoms with E-state index in [1.54, 1.807) is 40.2 Å². The van der Waals surface area contributed by atoms with Crippen LogP contribution in [0.4, 0.5) is 11.4 Å². The van der Waals surface area contributed by atoms with Crippen LogP contribution in [0, 0.1) is 0 Å². The van der Waals surface area contributed by atoms with Gasteiger partial charge in [0.1, 0.15) is 5.69 Å². The molecule has 0 saturated carbocycles. The molecule has 3 N–H and O–H groups in total. The van der Waals surface area contributed by atoms with Gasteiger partial charge < -0.3 is 29.5 Å². The Morgan fingerprint density at radius 1 is 0.914 bits per heavy atom. The van der Waals surface area contributed by atoms with Crippen molar-refractivity contribution in [2.45, 2.75) is 6.42 Å². The van der Waals surface area contributed by atoms with Crippen molar-refractivity contribution in [1.29, 1.82) is 0 Å². The topological polar surface area (TPSA) is 126 Å². The van der Waals surface area contributed by atoms with Gasteiger partial charge in [-0.15, -0.1) is 0 Å². The van der Waals surface area contributed by atoms with Crippen LogP contribution in [0.1, 0.15) is 37.3 Å². The normalized spacial score (nSPS) is 10.9. The minimum absolute atomic E-state index is 0.0397. The second-order valence-electron chi connectivity index (χ2n) is 8.28. The number of benzene rings is 1. The van der Waals surface area contributed by atoms with Gasteiger partial charge in [-0.05, 0) is 29.8 Å². The number of carbonyl (C=O) groups is 3. The van der Waals surface area contributed by atoms with Crippen LogP contribution in [0.2, 0.25) is 0 Å². The van der Waals surface area contributed by atoms with Crippen LogP contribution in [0.5, 0.6) is 0 Å². The molecule has 0 saturated heterocycles. The van der Waals surface area contributed by atoms with Crippen molar-refractivity contribution in [2.24, 2.45) is 21.1 Å². The number of ketones is 1. The van der Waals surface area contributed by atoms with E-state index in [0.29, 0.717) is 28.5 Å². The van der Waals surface area contributed by atoms with Gasteiger partial charge in [0.2, 0.25) is 0 Å². The number of nitrogens with one attached hydrogen (secondary N) is 1. The quantitative estimate of drug-likeness (QED) is 0.241. The van der Waals surface area contributed by atoms with Gasteiger partial charge in [0, 0.05) is 51.0 Å². The van der Waals surface area contributed by atoms with Crippen LogP contribution in [0.15, 0.2) is 55.0 Å². The fraction of sp³-hybridized carbons (Fsp3) is 0.200. The number of nitrogen functional groups attached to an aromatic ring is 1. The van der Waals surface area contributed by atoms with Crippen molar-refractivity contribution in [1.82, 2.24) is 18.7 Å². The zero-order valence-corrected chi connectivity index (χ0v) is 19.9. The highest BCUT2D eigenvalue weighted by molar-refractivity contribution is 6.03. The highest BCUT2D eigenvalue weighted by Gasteiger charge is 2.20. The van der Waals surface area contributed by atoms with Gasteiger partial charge in [0.25, 0.3) is 5.91 Å². The molecule has 180 valence electrons. The van der Waals surface area contributed by atoms with Crippen molar-refractivity contribution in [2.75, 3.05) is 18.2 Å². The van der Waals surface area contributed by atoms with Gasteiger partial charge in [-0.2, -0.15) is 0 Å². The van der Waals surface area contributed by atoms with Gasteiger partial charge in [-0.1, -0.05) is 12.1 Å². The monoisotopic (exact) mass is 474 g/mol. The molecular formula is C25H26N6O4. The summed E-state index contributed by atoms with van der Waals surface area (Å²) < 4.78 is 9.63. The Bertz CT molecular complexity index is 1420. The number of rotatable bonds is 7. The summed E-state index contributed by atoms with van der Waals surface area (Å²) in [5, 5.41) is 2.72. The molecule has 3 aromatic heterocycles. The first-order valence-corrected chi connectivity index (χ1v) is 10.8. The molecule has 35 heavy (non-hydrogen) atoms. The molecule has 4 rings (SSSR count). The smallest absolute Gasteiger partial charge is 0.354 e. The van der Waals surface area contributed by atoms with E-state index < -0.39 is 11.9 Å². The van der Waals surface area contributed by atoms with Crippen LogP contribution < -0.4 is 11.1 Å². The maximum Gasteiger partial charge on any atom is 0.354 e. The molecule has 4 aromatic rings. The molecule has 0 aliphatic carbocycles. The third-order valence-corrected chi connectivity index (χ3v) is 5.66. The number of ether oxygens (including phenoxy) is 1. The molecule has 0 spiro atoms. The van der Waals surface area contributed by atoms with E-state index in [-0.39, 0.29) is 18.0 Å². The van der Waals surface area contributed by atoms with Gasteiger partial charge in [-0.25, -0.2) is 9.78 Å². The van der Waals surface area contributed by atoms with Crippen LogP contribution >= 0.6 is 0 Å². The fourth-order valence-corrected chi connectivity index (χ4v) is 3.88. The predicted molar refractivity (Wildman–Crippen MR) is 131 cm³/mol. The largest absolute Gasteiger partial charge is 0.464 e. The molecule has 0 aliphatic heterocycles. The number of esters is 1. The number of methoxy groups -OCH3 is 1. The Morgan fingerprint density at radius 2 is 1.60 bits per heavy atom. The fourth-order valence-electron chi connectivity index (χ4n) is 3.88. The molecule has 0 atom stereocenters. The average Bonchev–Trinajstić information content (AvgIpc) is 3.50. The Labute approximate surface area is 201 Å². The minimum atomic E-state index is -0.508. The number of carbonyl (C=O) groups excluding carboxylic acids is 3. The molecule has 3 heterocycles. The summed E-state index contributed by atoms with van der Waals surface area (Å²) in [4.78, 5) is 41.9. The molecule has 10 nitrogen and oxygen atoms in total. The van der Waals surface area contributed by atoms with E-state index in [1.807, 2.05) is 43.6 Å². The number of hydrogen-bond acceptors (Lipinski definition) is 6. The second-order valence-corrected chi connectivity index (χ2v) is 8.28. The van der Waals surface area contributed by atoms with Crippen molar-refractivity contribution in [3.8, 4) is 11.1 Å². The predicted octanol–water partition coefficient (Wildman–Crippen LogP) is 2.81. The zero-order valence-electron chi connectivity index (χ0n) is 19.9. The van der Waals surface area contributed by atoms with Crippen LogP contribution in [0.25, 0.3) is 11.1 Å². The molecule has 10 heteroatoms. The molecule has 0 bridgehead atoms. The standard InChI is InChI=1S/C25H26N6O4/c1-29-12-16(15-5-7-17(26)8-6-15)9-20(29)22(32)11-19-14-31(3)23(27-19)24(33)28-18-10-21(25(34)35-4)30(2)13-18/h5-10,12-14H,11,26H2,1-4H3,(H,28,33). The highest BCUT2D eigenvalue weighted by Crippen LogP contribution is 2.24. The summed E-state index contributed by atoms with van der Waals surface area (Å²) in [5.41, 5.74) is 10.0. The van der Waals surface area contributed by atoms with E-state index in [4.69, 9.17) is 10.5 Å². The number of nitrogens with zero attached hydrogens (tertiary/aromatic N) is 4. The number of aryl methyl sites for hydroxylation is 3. The summed E-state index contributed by atoms with van der Waals surface area (Å²) in [6.07, 6.45) is 5.18. The van der Waals surface area contributed by atoms with Crippen LogP contribution in [-0.2, 0) is 32.3 Å². The van der Waals surface area contributed by atoms with E-state index in [1.165, 1.54) is 13.2 Å². The molecule has 1 amide bonds. The van der Waals surface area contributed by atoms with Crippen molar-refractivity contribution in [3.05, 3.63) is 77.9 Å². The zero-order chi connectivity index (χ0) is 25.3. The molecule has 0 fully saturated rings. The number of amides is 1. The number of aromatic nitrogens is 4. The summed E-state index contributed by atoms with van der Waals surface area (Å²) in [6.45, 7) is 0. The molecular weight excluding hydrogens is 448 g/mol. The van der Waals surface area contributed by atoms with Crippen LogP contribution in [-0.4, -0.2) is 43.5 Å². The Hall–Kier alpha value is -4.60. The van der Waals surface area contributed by atoms with E-state index in [0.717, 1.165) is 11.1 Å². The van der Waals surface area contributed by atoms with Gasteiger partial charge in [-0.3, -0.25) is 9.59 Å². The number of Topliss-reactive ketones (excluding diaryl/α,β-unsaturated/α-hetero) is 1. The maximum atomic E-state index is 13.0. The number of anilines is 2. The Kier molecular flexibility index (Phi) is 6.28. The lowest BCUT2D eigenvalue weighted by atomic mass is 10.1. The Morgan fingerprint density at radius 3 is 2.29 bits per heavy atom. The summed E-state index contributed by atoms with van der Waals surface area (Å²) in [7, 11) is 6.46. The molecule has 1 aromatic carbocycles. The van der Waals surface area contributed by atoms with Gasteiger partial charge >= 0.3 is 5.97 Å². The summed E-state index contributed by atoms with van der Waals surface area (Å²) in [6, 6.07) is 10.8. The number of imidazole rings is 1. The molecule has 0 unspecified atom stereocenters. The third kappa shape index (κ3) is 4.86. The van der Waals surface area contributed by atoms with Gasteiger partial charge in [0.15, 0.2) is 11.6 Å². The van der Waals surface area contributed by atoms with Crippen molar-refractivity contribution in [3.63, 3.8) is 0 Å².